The van der Waals surface area contributed by atoms with Gasteiger partial charge in [0.1, 0.15) is 12.1 Å². The number of amides is 2. The van der Waals surface area contributed by atoms with Gasteiger partial charge in [-0.2, -0.15) is 13.2 Å². The molecule has 0 spiro atoms. The highest BCUT2D eigenvalue weighted by Crippen LogP contribution is 2.34. The first-order chi connectivity index (χ1) is 14.5. The maximum Gasteiger partial charge on any atom is 0.405 e. The van der Waals surface area contributed by atoms with Crippen molar-refractivity contribution >= 4 is 23.2 Å². The first-order valence-electron chi connectivity index (χ1n) is 8.68. The third-order valence-corrected chi connectivity index (χ3v) is 4.01. The molecule has 0 bridgehead atoms. The first-order valence-corrected chi connectivity index (χ1v) is 8.68. The predicted molar refractivity (Wildman–Crippen MR) is 103 cm³/mol. The van der Waals surface area contributed by atoms with Crippen LogP contribution >= 0.6 is 0 Å². The standard InChI is InChI=1S/C19H18F3N3O6/c1-30-15-8-13(14(25(28)29)9-16(15)31-2)18(27)24-12-5-3-11(4-6-12)7-17(26)23-10-19(20,21)22/h3-6,8-9H,7,10H2,1-2H3,(H,23,26)(H,24,27). The minimum absolute atomic E-state index is 0.0823. The maximum absolute atomic E-state index is 12.6. The number of nitro groups is 1. The SMILES string of the molecule is COc1cc(C(=O)Nc2ccc(CC(=O)NCC(F)(F)F)cc2)c([N+](=O)[O-])cc1OC. The van der Waals surface area contributed by atoms with Crippen molar-refractivity contribution in [3.05, 3.63) is 57.6 Å². The van der Waals surface area contributed by atoms with Crippen LogP contribution in [-0.4, -0.2) is 43.7 Å². The van der Waals surface area contributed by atoms with Gasteiger partial charge in [-0.15, -0.1) is 0 Å². The zero-order chi connectivity index (χ0) is 23.2. The largest absolute Gasteiger partial charge is 0.493 e. The molecular weight excluding hydrogens is 423 g/mol. The topological polar surface area (TPSA) is 120 Å². The molecule has 9 nitrogen and oxygen atoms in total. The average Bonchev–Trinajstić information content (AvgIpc) is 2.72. The molecule has 0 unspecified atom stereocenters. The van der Waals surface area contributed by atoms with Crippen LogP contribution in [0.5, 0.6) is 11.5 Å². The summed E-state index contributed by atoms with van der Waals surface area (Å²) in [6.07, 6.45) is -4.79. The molecule has 166 valence electrons. The van der Waals surface area contributed by atoms with E-state index in [4.69, 9.17) is 9.47 Å². The summed E-state index contributed by atoms with van der Waals surface area (Å²) in [6, 6.07) is 7.94. The Labute approximate surface area is 174 Å². The van der Waals surface area contributed by atoms with E-state index >= 15 is 0 Å². The molecule has 31 heavy (non-hydrogen) atoms. The van der Waals surface area contributed by atoms with Crippen molar-refractivity contribution in [2.75, 3.05) is 26.1 Å². The summed E-state index contributed by atoms with van der Waals surface area (Å²) in [6.45, 7) is -1.43. The monoisotopic (exact) mass is 441 g/mol. The summed E-state index contributed by atoms with van der Waals surface area (Å²) < 4.78 is 46.5. The van der Waals surface area contributed by atoms with Gasteiger partial charge in [0, 0.05) is 11.8 Å². The lowest BCUT2D eigenvalue weighted by atomic mass is 10.1. The zero-order valence-electron chi connectivity index (χ0n) is 16.4. The van der Waals surface area contributed by atoms with Crippen LogP contribution in [0.25, 0.3) is 0 Å². The van der Waals surface area contributed by atoms with Gasteiger partial charge in [-0.05, 0) is 17.7 Å². The Bertz CT molecular complexity index is 977. The summed E-state index contributed by atoms with van der Waals surface area (Å²) >= 11 is 0. The number of carbonyl (C=O) groups excluding carboxylic acids is 2. The van der Waals surface area contributed by atoms with Gasteiger partial charge in [0.05, 0.1) is 31.6 Å². The highest BCUT2D eigenvalue weighted by atomic mass is 19.4. The molecule has 0 radical (unpaired) electrons. The second-order valence-electron chi connectivity index (χ2n) is 6.20. The third kappa shape index (κ3) is 6.59. The number of methoxy groups -OCH3 is 2. The van der Waals surface area contributed by atoms with Crippen molar-refractivity contribution in [2.24, 2.45) is 0 Å². The molecule has 0 atom stereocenters. The average molecular weight is 441 g/mol. The second kappa shape index (κ2) is 9.78. The molecule has 2 aromatic rings. The number of carbonyl (C=O) groups is 2. The van der Waals surface area contributed by atoms with Crippen LogP contribution in [0.2, 0.25) is 0 Å². The molecule has 0 heterocycles. The van der Waals surface area contributed by atoms with Crippen LogP contribution < -0.4 is 20.1 Å². The zero-order valence-corrected chi connectivity index (χ0v) is 16.4. The normalized spacial score (nSPS) is 10.9. The lowest BCUT2D eigenvalue weighted by Gasteiger charge is -2.11. The number of nitrogens with zero attached hydrogens (tertiary/aromatic N) is 1. The Morgan fingerprint density at radius 2 is 1.65 bits per heavy atom. The van der Waals surface area contributed by atoms with Crippen molar-refractivity contribution in [1.29, 1.82) is 0 Å². The smallest absolute Gasteiger partial charge is 0.405 e. The minimum atomic E-state index is -4.50. The van der Waals surface area contributed by atoms with Crippen molar-refractivity contribution < 1.29 is 37.2 Å². The van der Waals surface area contributed by atoms with Gasteiger partial charge >= 0.3 is 6.18 Å². The number of hydrogen-bond donors (Lipinski definition) is 2. The highest BCUT2D eigenvalue weighted by molar-refractivity contribution is 6.07. The molecule has 2 N–H and O–H groups in total. The Morgan fingerprint density at radius 3 is 2.16 bits per heavy atom. The van der Waals surface area contributed by atoms with Crippen molar-refractivity contribution in [2.45, 2.75) is 12.6 Å². The van der Waals surface area contributed by atoms with E-state index in [1.165, 1.54) is 44.6 Å². The van der Waals surface area contributed by atoms with E-state index in [-0.39, 0.29) is 29.2 Å². The summed E-state index contributed by atoms with van der Waals surface area (Å²) in [5.41, 5.74) is -0.0883. The van der Waals surface area contributed by atoms with E-state index in [1.807, 2.05) is 0 Å². The van der Waals surface area contributed by atoms with Crippen LogP contribution in [0.15, 0.2) is 36.4 Å². The van der Waals surface area contributed by atoms with E-state index in [1.54, 1.807) is 5.32 Å². The molecule has 0 aliphatic rings. The Hall–Kier alpha value is -3.83. The molecule has 12 heteroatoms. The fraction of sp³-hybridized carbons (Fsp3) is 0.263. The lowest BCUT2D eigenvalue weighted by Crippen LogP contribution is -2.34. The number of rotatable bonds is 8. The third-order valence-electron chi connectivity index (χ3n) is 4.01. The Balaban J connectivity index is 2.12. The van der Waals surface area contributed by atoms with Gasteiger partial charge in [0.25, 0.3) is 11.6 Å². The maximum atomic E-state index is 12.6. The van der Waals surface area contributed by atoms with E-state index in [0.717, 1.165) is 6.07 Å². The highest BCUT2D eigenvalue weighted by Gasteiger charge is 2.27. The molecule has 0 aliphatic carbocycles. The number of halogens is 3. The lowest BCUT2D eigenvalue weighted by molar-refractivity contribution is -0.385. The Kier molecular flexibility index (Phi) is 7.40. The number of hydrogen-bond acceptors (Lipinski definition) is 6. The molecule has 2 aromatic carbocycles. The number of ether oxygens (including phenoxy) is 2. The van der Waals surface area contributed by atoms with E-state index in [9.17, 15) is 32.9 Å². The number of nitrogens with one attached hydrogen (secondary N) is 2. The van der Waals surface area contributed by atoms with E-state index in [0.29, 0.717) is 5.56 Å². The number of nitro benzene ring substituents is 1. The van der Waals surface area contributed by atoms with Crippen LogP contribution in [0.3, 0.4) is 0 Å². The molecule has 0 saturated heterocycles. The summed E-state index contributed by atoms with van der Waals surface area (Å²) in [7, 11) is 2.61. The van der Waals surface area contributed by atoms with Crippen molar-refractivity contribution in [1.82, 2.24) is 5.32 Å². The molecule has 2 amide bonds. The molecule has 0 saturated carbocycles. The fourth-order valence-electron chi connectivity index (χ4n) is 2.55. The van der Waals surface area contributed by atoms with Gasteiger partial charge in [0.2, 0.25) is 5.91 Å². The number of alkyl halides is 3. The second-order valence-corrected chi connectivity index (χ2v) is 6.20. The van der Waals surface area contributed by atoms with Crippen LogP contribution in [-0.2, 0) is 11.2 Å². The van der Waals surface area contributed by atoms with Crippen LogP contribution in [0, 0.1) is 10.1 Å². The van der Waals surface area contributed by atoms with E-state index < -0.39 is 35.1 Å². The van der Waals surface area contributed by atoms with Gasteiger partial charge in [-0.1, -0.05) is 12.1 Å². The quantitative estimate of drug-likeness (QED) is 0.480. The van der Waals surface area contributed by atoms with Gasteiger partial charge in [-0.25, -0.2) is 0 Å². The first kappa shape index (κ1) is 23.4. The van der Waals surface area contributed by atoms with Gasteiger partial charge in [0.15, 0.2) is 11.5 Å². The summed E-state index contributed by atoms with van der Waals surface area (Å²) in [5, 5.41) is 15.6. The number of benzene rings is 2. The summed E-state index contributed by atoms with van der Waals surface area (Å²) in [4.78, 5) is 34.7. The van der Waals surface area contributed by atoms with Gasteiger partial charge in [-0.3, -0.25) is 19.7 Å². The fourth-order valence-corrected chi connectivity index (χ4v) is 2.55. The van der Waals surface area contributed by atoms with Gasteiger partial charge < -0.3 is 20.1 Å². The molecule has 0 fully saturated rings. The summed E-state index contributed by atoms with van der Waals surface area (Å²) in [5.74, 6) is -1.39. The van der Waals surface area contributed by atoms with Crippen molar-refractivity contribution in [3.63, 3.8) is 0 Å². The molecule has 2 rings (SSSR count). The molecule has 0 aromatic heterocycles. The molecule has 0 aliphatic heterocycles. The predicted octanol–water partition coefficient (Wildman–Crippen LogP) is 3.09. The van der Waals surface area contributed by atoms with Crippen LogP contribution in [0.1, 0.15) is 15.9 Å². The minimum Gasteiger partial charge on any atom is -0.493 e. The Morgan fingerprint density at radius 1 is 1.06 bits per heavy atom. The van der Waals surface area contributed by atoms with Crippen molar-refractivity contribution in [3.8, 4) is 11.5 Å². The van der Waals surface area contributed by atoms with E-state index in [2.05, 4.69) is 5.32 Å². The number of anilines is 1. The van der Waals surface area contributed by atoms with Crippen LogP contribution in [0.4, 0.5) is 24.5 Å². The molecular formula is C19H18F3N3O6.